The Morgan fingerprint density at radius 3 is 2.96 bits per heavy atom. The van der Waals surface area contributed by atoms with Gasteiger partial charge in [-0.15, -0.1) is 0 Å². The van der Waals surface area contributed by atoms with E-state index in [4.69, 9.17) is 5.73 Å². The van der Waals surface area contributed by atoms with Gasteiger partial charge in [-0.05, 0) is 78.3 Å². The van der Waals surface area contributed by atoms with Gasteiger partial charge in [0.25, 0.3) is 5.91 Å². The van der Waals surface area contributed by atoms with Gasteiger partial charge in [0.2, 0.25) is 0 Å². The number of amides is 1. The first-order valence-corrected chi connectivity index (χ1v) is 10.2. The topological polar surface area (TPSA) is 82.1 Å². The van der Waals surface area contributed by atoms with Gasteiger partial charge in [0, 0.05) is 11.4 Å². The third-order valence-electron chi connectivity index (χ3n) is 5.18. The minimum Gasteiger partial charge on any atom is -0.321 e. The second-order valence-corrected chi connectivity index (χ2v) is 8.02. The van der Waals surface area contributed by atoms with Crippen molar-refractivity contribution in [1.29, 1.82) is 0 Å². The van der Waals surface area contributed by atoms with Crippen molar-refractivity contribution in [3.05, 3.63) is 59.2 Å². The summed E-state index contributed by atoms with van der Waals surface area (Å²) in [5, 5.41) is 3.37. The number of benzene rings is 1. The molecule has 2 unspecified atom stereocenters. The van der Waals surface area contributed by atoms with E-state index in [-0.39, 0.29) is 11.6 Å². The number of thioether (sulfide) groups is 1. The minimum atomic E-state index is -0.469. The lowest BCUT2D eigenvalue weighted by Gasteiger charge is -2.22. The molecule has 3 N–H and O–H groups in total. The van der Waals surface area contributed by atoms with Crippen LogP contribution in [0.25, 0.3) is 0 Å². The number of carbonyl (C=O) groups excluding carboxylic acids is 1. The number of pyridine rings is 1. The van der Waals surface area contributed by atoms with E-state index >= 15 is 0 Å². The van der Waals surface area contributed by atoms with Crippen LogP contribution in [0.4, 0.5) is 10.1 Å². The summed E-state index contributed by atoms with van der Waals surface area (Å²) in [7, 11) is 0. The summed E-state index contributed by atoms with van der Waals surface area (Å²) in [6.45, 7) is 5.69. The van der Waals surface area contributed by atoms with Gasteiger partial charge >= 0.3 is 5.17 Å². The summed E-state index contributed by atoms with van der Waals surface area (Å²) >= 11 is 1.54. The Bertz CT molecular complexity index is 909. The monoisotopic (exact) mass is 399 g/mol. The van der Waals surface area contributed by atoms with Gasteiger partial charge in [-0.1, -0.05) is 13.0 Å². The number of nitrogens with one attached hydrogen (secondary N) is 1. The van der Waals surface area contributed by atoms with Crippen LogP contribution in [0.2, 0.25) is 0 Å². The van der Waals surface area contributed by atoms with E-state index in [1.54, 1.807) is 11.8 Å². The van der Waals surface area contributed by atoms with Crippen molar-refractivity contribution in [2.75, 3.05) is 11.1 Å². The maximum atomic E-state index is 13.0. The van der Waals surface area contributed by atoms with E-state index in [0.717, 1.165) is 31.2 Å². The first-order valence-electron chi connectivity index (χ1n) is 9.25. The summed E-state index contributed by atoms with van der Waals surface area (Å²) in [6.07, 6.45) is 4.30. The van der Waals surface area contributed by atoms with E-state index in [1.807, 2.05) is 12.1 Å². The number of fused-ring (bicyclic) bond motifs is 1. The number of hydrogen-bond acceptors (Lipinski definition) is 3. The third-order valence-corrected chi connectivity index (χ3v) is 6.20. The number of rotatable bonds is 4. The molecule has 1 aliphatic rings. The lowest BCUT2D eigenvalue weighted by atomic mass is 9.86. The van der Waals surface area contributed by atoms with Gasteiger partial charge in [0.05, 0.1) is 6.20 Å². The molecule has 7 heteroatoms. The molecule has 1 heterocycles. The molecule has 0 saturated carbocycles. The highest BCUT2D eigenvalue weighted by Gasteiger charge is 2.26. The molecule has 3 rings (SSSR count). The lowest BCUT2D eigenvalue weighted by Crippen LogP contribution is -2.18. The normalized spacial score (nSPS) is 18.5. The van der Waals surface area contributed by atoms with E-state index in [9.17, 15) is 9.18 Å². The number of nitrogens with zero attached hydrogens (tertiary/aromatic N) is 2. The van der Waals surface area contributed by atoms with Crippen molar-refractivity contribution in [2.24, 2.45) is 11.7 Å². The number of carbonyl (C=O) groups is 1. The summed E-state index contributed by atoms with van der Waals surface area (Å²) in [5.41, 5.74) is 9.25. The molecule has 1 amide bonds. The zero-order valence-electron chi connectivity index (χ0n) is 15.8. The van der Waals surface area contributed by atoms with Gasteiger partial charge in [0.15, 0.2) is 6.72 Å². The number of halogens is 1. The summed E-state index contributed by atoms with van der Waals surface area (Å²) in [6, 6.07) is 8.64. The van der Waals surface area contributed by atoms with Crippen LogP contribution in [0, 0.1) is 11.7 Å². The molecule has 2 aromatic rings. The molecular formula is C21H24FN4OS+. The predicted octanol–water partition coefficient (Wildman–Crippen LogP) is 3.34. The molecular weight excluding hydrogens is 375 g/mol. The van der Waals surface area contributed by atoms with E-state index < -0.39 is 5.82 Å². The molecule has 0 bridgehead atoms. The molecule has 146 valence electrons. The van der Waals surface area contributed by atoms with Crippen LogP contribution in [-0.4, -0.2) is 28.5 Å². The Hall–Kier alpha value is -2.63. The highest BCUT2D eigenvalue weighted by molar-refractivity contribution is 8.13. The van der Waals surface area contributed by atoms with Crippen LogP contribution in [0.1, 0.15) is 47.3 Å². The zero-order chi connectivity index (χ0) is 20.1. The number of hydrogen-bond donors (Lipinski definition) is 2. The molecule has 1 aromatic heterocycles. The van der Waals surface area contributed by atoms with Crippen LogP contribution < -0.4 is 15.7 Å². The fourth-order valence-electron chi connectivity index (χ4n) is 3.55. The Morgan fingerprint density at radius 1 is 1.43 bits per heavy atom. The average molecular weight is 400 g/mol. The molecule has 5 nitrogen and oxygen atoms in total. The van der Waals surface area contributed by atoms with Gasteiger partial charge < -0.3 is 5.32 Å². The Balaban J connectivity index is 1.77. The molecule has 0 aliphatic heterocycles. The van der Waals surface area contributed by atoms with E-state index in [1.165, 1.54) is 23.3 Å². The van der Waals surface area contributed by atoms with Crippen molar-refractivity contribution in [3.8, 4) is 0 Å². The largest absolute Gasteiger partial charge is 0.401 e. The van der Waals surface area contributed by atoms with E-state index in [2.05, 4.69) is 34.7 Å². The van der Waals surface area contributed by atoms with Gasteiger partial charge in [-0.25, -0.2) is 14.0 Å². The summed E-state index contributed by atoms with van der Waals surface area (Å²) in [4.78, 5) is 16.2. The second-order valence-electron chi connectivity index (χ2n) is 6.98. The first-order chi connectivity index (χ1) is 13.5. The van der Waals surface area contributed by atoms with Crippen LogP contribution in [0.5, 0.6) is 0 Å². The number of amidine groups is 1. The van der Waals surface area contributed by atoms with Crippen LogP contribution in [-0.2, 0) is 6.42 Å². The van der Waals surface area contributed by atoms with Crippen molar-refractivity contribution < 1.29 is 9.18 Å². The van der Waals surface area contributed by atoms with E-state index in [0.29, 0.717) is 22.7 Å². The number of anilines is 1. The SMILES string of the molecule is C=[N+]=C(N)SCC1CCCc2ccc(NC(=O)c3ccc(F)cn3)cc2C1C. The van der Waals surface area contributed by atoms with Crippen molar-refractivity contribution in [1.82, 2.24) is 9.65 Å². The first kappa shape index (κ1) is 20.1. The van der Waals surface area contributed by atoms with Gasteiger partial charge in [0.1, 0.15) is 11.5 Å². The molecule has 0 fully saturated rings. The number of aryl methyl sites for hydroxylation is 1. The average Bonchev–Trinajstić information content (AvgIpc) is 2.85. The maximum Gasteiger partial charge on any atom is 0.401 e. The third kappa shape index (κ3) is 4.80. The van der Waals surface area contributed by atoms with Crippen LogP contribution in [0.3, 0.4) is 0 Å². The van der Waals surface area contributed by atoms with Crippen molar-refractivity contribution >= 4 is 35.2 Å². The Labute approximate surface area is 168 Å². The minimum absolute atomic E-state index is 0.182. The standard InChI is InChI=1S/C21H23FN4OS/c1-13-15(12-28-21(23)24-2)5-3-4-14-6-8-17(10-18(13)14)26-20(27)19-9-7-16(22)11-25-19/h6-11,13,15,23H,2-5,12H2,1H3,(H,26,27)/p+1. The smallest absolute Gasteiger partial charge is 0.321 e. The Morgan fingerprint density at radius 2 is 2.25 bits per heavy atom. The van der Waals surface area contributed by atoms with Crippen molar-refractivity contribution in [2.45, 2.75) is 32.1 Å². The highest BCUT2D eigenvalue weighted by atomic mass is 32.2. The Kier molecular flexibility index (Phi) is 6.49. The highest BCUT2D eigenvalue weighted by Crippen LogP contribution is 2.37. The molecule has 0 spiro atoms. The fraction of sp³-hybridized carbons (Fsp3) is 0.333. The van der Waals surface area contributed by atoms with Crippen LogP contribution >= 0.6 is 11.8 Å². The second kappa shape index (κ2) is 9.04. The van der Waals surface area contributed by atoms with Gasteiger partial charge in [-0.3, -0.25) is 10.5 Å². The number of aromatic nitrogens is 1. The molecule has 1 aromatic carbocycles. The number of nitrogens with two attached hydrogens (primary N) is 1. The fourth-order valence-corrected chi connectivity index (χ4v) is 4.49. The molecule has 0 radical (unpaired) electrons. The molecule has 0 saturated heterocycles. The molecule has 1 aliphatic carbocycles. The zero-order valence-corrected chi connectivity index (χ0v) is 16.6. The maximum absolute atomic E-state index is 13.0. The summed E-state index contributed by atoms with van der Waals surface area (Å²) < 4.78 is 16.8. The predicted molar refractivity (Wildman–Crippen MR) is 114 cm³/mol. The van der Waals surface area contributed by atoms with Gasteiger partial charge in [-0.2, -0.15) is 0 Å². The quantitative estimate of drug-likeness (QED) is 0.358. The molecule has 2 atom stereocenters. The lowest BCUT2D eigenvalue weighted by molar-refractivity contribution is 0.102. The van der Waals surface area contributed by atoms with Crippen molar-refractivity contribution in [3.63, 3.8) is 0 Å². The van der Waals surface area contributed by atoms with Crippen LogP contribution in [0.15, 0.2) is 36.5 Å². The summed E-state index contributed by atoms with van der Waals surface area (Å²) in [5.74, 6) is 0.873. The molecule has 28 heavy (non-hydrogen) atoms.